The van der Waals surface area contributed by atoms with Gasteiger partial charge in [-0.25, -0.2) is 9.59 Å². The molecule has 0 radical (unpaired) electrons. The molecule has 0 fully saturated rings. The van der Waals surface area contributed by atoms with Crippen molar-refractivity contribution in [1.29, 1.82) is 0 Å². The zero-order valence-electron chi connectivity index (χ0n) is 11.9. The largest absolute Gasteiger partial charge is 0.462 e. The van der Waals surface area contributed by atoms with Crippen molar-refractivity contribution in [3.63, 3.8) is 0 Å². The van der Waals surface area contributed by atoms with E-state index in [2.05, 4.69) is 0 Å². The van der Waals surface area contributed by atoms with Crippen molar-refractivity contribution in [3.8, 4) is 0 Å². The van der Waals surface area contributed by atoms with Gasteiger partial charge in [0.15, 0.2) is 0 Å². The Morgan fingerprint density at radius 1 is 1.00 bits per heavy atom. The Morgan fingerprint density at radius 2 is 1.60 bits per heavy atom. The molecule has 1 aromatic carbocycles. The fourth-order valence-electron chi connectivity index (χ4n) is 1.47. The Balaban J connectivity index is 2.60. The lowest BCUT2D eigenvalue weighted by Gasteiger charge is -2.06. The number of esters is 2. The van der Waals surface area contributed by atoms with Gasteiger partial charge in [0.1, 0.15) is 6.61 Å². The standard InChI is InChI=1S/C15H20O5/c1-3-4-8-19-14(16)12-6-5-7-13(11-12)15(17)20-10-9-18-2/h5-7,11H,3-4,8-10H2,1-2H3. The minimum atomic E-state index is -0.481. The van der Waals surface area contributed by atoms with E-state index in [9.17, 15) is 9.59 Å². The van der Waals surface area contributed by atoms with E-state index in [-0.39, 0.29) is 6.61 Å². The van der Waals surface area contributed by atoms with Crippen molar-refractivity contribution >= 4 is 11.9 Å². The summed E-state index contributed by atoms with van der Waals surface area (Å²) in [6, 6.07) is 6.31. The van der Waals surface area contributed by atoms with E-state index in [1.807, 2.05) is 6.92 Å². The van der Waals surface area contributed by atoms with Crippen LogP contribution in [0.2, 0.25) is 0 Å². The Kier molecular flexibility index (Phi) is 7.35. The Morgan fingerprint density at radius 3 is 2.15 bits per heavy atom. The van der Waals surface area contributed by atoms with Gasteiger partial charge in [0, 0.05) is 7.11 Å². The van der Waals surface area contributed by atoms with Crippen molar-refractivity contribution in [2.75, 3.05) is 26.9 Å². The van der Waals surface area contributed by atoms with Crippen LogP contribution >= 0.6 is 0 Å². The van der Waals surface area contributed by atoms with Crippen LogP contribution in [-0.4, -0.2) is 38.9 Å². The van der Waals surface area contributed by atoms with Crippen LogP contribution in [0.15, 0.2) is 24.3 Å². The molecule has 0 atom stereocenters. The fourth-order valence-corrected chi connectivity index (χ4v) is 1.47. The second-order valence-electron chi connectivity index (χ2n) is 4.20. The summed E-state index contributed by atoms with van der Waals surface area (Å²) in [6.07, 6.45) is 1.78. The molecular formula is C15H20O5. The van der Waals surface area contributed by atoms with Gasteiger partial charge < -0.3 is 14.2 Å². The third-order valence-corrected chi connectivity index (χ3v) is 2.59. The number of unbranched alkanes of at least 4 members (excludes halogenated alkanes) is 1. The number of benzene rings is 1. The molecule has 0 aliphatic rings. The van der Waals surface area contributed by atoms with E-state index in [4.69, 9.17) is 14.2 Å². The molecule has 0 heterocycles. The van der Waals surface area contributed by atoms with Crippen LogP contribution in [0.3, 0.4) is 0 Å². The van der Waals surface area contributed by atoms with Gasteiger partial charge in [0.05, 0.1) is 24.3 Å². The smallest absolute Gasteiger partial charge is 0.338 e. The lowest BCUT2D eigenvalue weighted by atomic mass is 10.1. The van der Waals surface area contributed by atoms with Crippen LogP contribution in [0.5, 0.6) is 0 Å². The quantitative estimate of drug-likeness (QED) is 0.540. The number of hydrogen-bond acceptors (Lipinski definition) is 5. The highest BCUT2D eigenvalue weighted by Gasteiger charge is 2.12. The SMILES string of the molecule is CCCCOC(=O)c1cccc(C(=O)OCCOC)c1. The number of rotatable bonds is 8. The summed E-state index contributed by atoms with van der Waals surface area (Å²) < 4.78 is 14.9. The predicted octanol–water partition coefficient (Wildman–Crippen LogP) is 2.45. The topological polar surface area (TPSA) is 61.8 Å². The molecule has 20 heavy (non-hydrogen) atoms. The Hall–Kier alpha value is -1.88. The summed E-state index contributed by atoms with van der Waals surface area (Å²) in [6.45, 7) is 2.92. The van der Waals surface area contributed by atoms with Crippen LogP contribution in [0.1, 0.15) is 40.5 Å². The zero-order valence-corrected chi connectivity index (χ0v) is 11.9. The first-order valence-corrected chi connectivity index (χ1v) is 6.62. The predicted molar refractivity (Wildman–Crippen MR) is 73.8 cm³/mol. The molecular weight excluding hydrogens is 260 g/mol. The van der Waals surface area contributed by atoms with Gasteiger partial charge >= 0.3 is 11.9 Å². The van der Waals surface area contributed by atoms with Crippen LogP contribution in [-0.2, 0) is 14.2 Å². The summed E-state index contributed by atoms with van der Waals surface area (Å²) in [5.41, 5.74) is 0.674. The molecule has 0 N–H and O–H groups in total. The molecule has 0 saturated carbocycles. The van der Waals surface area contributed by atoms with Crippen LogP contribution in [0.25, 0.3) is 0 Å². The number of carbonyl (C=O) groups excluding carboxylic acids is 2. The summed E-state index contributed by atoms with van der Waals surface area (Å²) in [4.78, 5) is 23.5. The molecule has 1 aromatic rings. The molecule has 0 bridgehead atoms. The molecule has 0 aliphatic carbocycles. The highest BCUT2D eigenvalue weighted by atomic mass is 16.6. The minimum absolute atomic E-state index is 0.181. The van der Waals surface area contributed by atoms with Crippen molar-refractivity contribution in [3.05, 3.63) is 35.4 Å². The number of methoxy groups -OCH3 is 1. The summed E-state index contributed by atoms with van der Waals surface area (Å²) in [5, 5.41) is 0. The van der Waals surface area contributed by atoms with E-state index in [1.54, 1.807) is 18.2 Å². The first-order chi connectivity index (χ1) is 9.69. The molecule has 1 rings (SSSR count). The highest BCUT2D eigenvalue weighted by Crippen LogP contribution is 2.09. The molecule has 5 heteroatoms. The number of ether oxygens (including phenoxy) is 3. The first kappa shape index (κ1) is 16.2. The molecule has 0 saturated heterocycles. The molecule has 0 amide bonds. The van der Waals surface area contributed by atoms with E-state index in [1.165, 1.54) is 13.2 Å². The lowest BCUT2D eigenvalue weighted by molar-refractivity contribution is 0.0388. The zero-order chi connectivity index (χ0) is 14.8. The number of hydrogen-bond donors (Lipinski definition) is 0. The van der Waals surface area contributed by atoms with Crippen LogP contribution in [0.4, 0.5) is 0 Å². The average Bonchev–Trinajstić information content (AvgIpc) is 2.47. The average molecular weight is 280 g/mol. The van der Waals surface area contributed by atoms with Crippen molar-refractivity contribution in [2.24, 2.45) is 0 Å². The van der Waals surface area contributed by atoms with E-state index in [0.29, 0.717) is 24.3 Å². The third kappa shape index (κ3) is 5.40. The van der Waals surface area contributed by atoms with Gasteiger partial charge in [0.25, 0.3) is 0 Å². The maximum Gasteiger partial charge on any atom is 0.338 e. The summed E-state index contributed by atoms with van der Waals surface area (Å²) in [5.74, 6) is -0.907. The second-order valence-corrected chi connectivity index (χ2v) is 4.20. The summed E-state index contributed by atoms with van der Waals surface area (Å²) >= 11 is 0. The first-order valence-electron chi connectivity index (χ1n) is 6.62. The van der Waals surface area contributed by atoms with Gasteiger partial charge in [-0.3, -0.25) is 0 Å². The maximum atomic E-state index is 11.8. The normalized spacial score (nSPS) is 10.1. The monoisotopic (exact) mass is 280 g/mol. The maximum absolute atomic E-state index is 11.8. The minimum Gasteiger partial charge on any atom is -0.462 e. The Bertz CT molecular complexity index is 404. The lowest BCUT2D eigenvalue weighted by Crippen LogP contribution is -2.12. The van der Waals surface area contributed by atoms with Gasteiger partial charge in [-0.1, -0.05) is 19.4 Å². The van der Waals surface area contributed by atoms with Gasteiger partial charge in [-0.2, -0.15) is 0 Å². The molecule has 0 aliphatic heterocycles. The molecule has 0 unspecified atom stereocenters. The van der Waals surface area contributed by atoms with Crippen molar-refractivity contribution in [1.82, 2.24) is 0 Å². The van der Waals surface area contributed by atoms with E-state index >= 15 is 0 Å². The van der Waals surface area contributed by atoms with Crippen LogP contribution in [0, 0.1) is 0 Å². The van der Waals surface area contributed by atoms with Gasteiger partial charge in [0.2, 0.25) is 0 Å². The van der Waals surface area contributed by atoms with Crippen LogP contribution < -0.4 is 0 Å². The van der Waals surface area contributed by atoms with Gasteiger partial charge in [-0.15, -0.1) is 0 Å². The van der Waals surface area contributed by atoms with E-state index in [0.717, 1.165) is 12.8 Å². The second kappa shape index (κ2) is 9.09. The molecule has 5 nitrogen and oxygen atoms in total. The highest BCUT2D eigenvalue weighted by molar-refractivity contribution is 5.95. The molecule has 0 aromatic heterocycles. The molecule has 110 valence electrons. The van der Waals surface area contributed by atoms with Crippen molar-refractivity contribution in [2.45, 2.75) is 19.8 Å². The Labute approximate surface area is 118 Å². The molecule has 0 spiro atoms. The fraction of sp³-hybridized carbons (Fsp3) is 0.467. The van der Waals surface area contributed by atoms with E-state index < -0.39 is 11.9 Å². The number of carbonyl (C=O) groups is 2. The van der Waals surface area contributed by atoms with Crippen molar-refractivity contribution < 1.29 is 23.8 Å². The van der Waals surface area contributed by atoms with Gasteiger partial charge in [-0.05, 0) is 24.6 Å². The third-order valence-electron chi connectivity index (χ3n) is 2.59. The summed E-state index contributed by atoms with van der Waals surface area (Å²) in [7, 11) is 1.53.